The van der Waals surface area contributed by atoms with E-state index in [0.717, 1.165) is 25.7 Å². The van der Waals surface area contributed by atoms with Crippen molar-refractivity contribution in [3.05, 3.63) is 32.6 Å². The molecule has 1 unspecified atom stereocenters. The molecule has 3 atom stereocenters. The molecule has 1 fully saturated rings. The van der Waals surface area contributed by atoms with E-state index in [9.17, 15) is 14.7 Å². The molecule has 0 aliphatic carbocycles. The lowest BCUT2D eigenvalue weighted by Crippen LogP contribution is -2.34. The first kappa shape index (κ1) is 17.9. The number of aryl methyl sites for hydroxylation is 1. The van der Waals surface area contributed by atoms with Gasteiger partial charge >= 0.3 is 5.69 Å². The molecular formula is C15H25N3O5. The molecule has 8 heteroatoms. The number of aromatic amines is 1. The Labute approximate surface area is 133 Å². The molecule has 1 aliphatic rings. The topological polar surface area (TPSA) is 131 Å². The molecule has 130 valence electrons. The van der Waals surface area contributed by atoms with Crippen molar-refractivity contribution in [1.29, 1.82) is 0 Å². The van der Waals surface area contributed by atoms with Gasteiger partial charge in [-0.05, 0) is 25.8 Å². The van der Waals surface area contributed by atoms with Crippen molar-refractivity contribution in [3.63, 3.8) is 0 Å². The molecular weight excluding hydrogens is 302 g/mol. The number of aromatic nitrogens is 2. The minimum Gasteiger partial charge on any atom is -0.394 e. The Hall–Kier alpha value is -1.48. The van der Waals surface area contributed by atoms with Crippen LogP contribution in [0.4, 0.5) is 0 Å². The van der Waals surface area contributed by atoms with E-state index in [2.05, 4.69) is 4.98 Å². The highest BCUT2D eigenvalue weighted by Crippen LogP contribution is 2.27. The zero-order chi connectivity index (χ0) is 16.8. The third-order valence-corrected chi connectivity index (χ3v) is 4.14. The second kappa shape index (κ2) is 8.39. The quantitative estimate of drug-likeness (QED) is 0.464. The van der Waals surface area contributed by atoms with Crippen LogP contribution in [0.5, 0.6) is 0 Å². The number of hydrogen-bond acceptors (Lipinski definition) is 6. The average molecular weight is 327 g/mol. The number of nitrogens with two attached hydrogens (primary N) is 1. The molecule has 0 bridgehead atoms. The van der Waals surface area contributed by atoms with Gasteiger partial charge in [-0.25, -0.2) is 4.79 Å². The summed E-state index contributed by atoms with van der Waals surface area (Å²) in [6.07, 6.45) is 3.85. The summed E-state index contributed by atoms with van der Waals surface area (Å²) in [4.78, 5) is 26.1. The van der Waals surface area contributed by atoms with Crippen molar-refractivity contribution in [2.75, 3.05) is 13.2 Å². The van der Waals surface area contributed by atoms with Gasteiger partial charge in [0.2, 0.25) is 0 Å². The first-order chi connectivity index (χ1) is 11.1. The number of aliphatic hydroxyl groups is 2. The van der Waals surface area contributed by atoms with E-state index in [4.69, 9.17) is 15.6 Å². The molecule has 0 aromatic carbocycles. The van der Waals surface area contributed by atoms with Crippen LogP contribution in [0.3, 0.4) is 0 Å². The number of ether oxygens (including phenoxy) is 1. The van der Waals surface area contributed by atoms with Crippen LogP contribution in [0, 0.1) is 0 Å². The van der Waals surface area contributed by atoms with E-state index in [0.29, 0.717) is 18.5 Å². The summed E-state index contributed by atoms with van der Waals surface area (Å²) in [5.74, 6) is 0. The van der Waals surface area contributed by atoms with E-state index < -0.39 is 24.1 Å². The molecule has 23 heavy (non-hydrogen) atoms. The van der Waals surface area contributed by atoms with Crippen molar-refractivity contribution in [2.45, 2.75) is 57.0 Å². The van der Waals surface area contributed by atoms with Crippen molar-refractivity contribution < 1.29 is 14.9 Å². The highest BCUT2D eigenvalue weighted by molar-refractivity contribution is 5.05. The van der Waals surface area contributed by atoms with E-state index in [1.165, 1.54) is 10.8 Å². The summed E-state index contributed by atoms with van der Waals surface area (Å²) in [7, 11) is 0. The van der Waals surface area contributed by atoms with Crippen LogP contribution in [-0.4, -0.2) is 45.1 Å². The third kappa shape index (κ3) is 4.51. The number of aliphatic hydroxyl groups excluding tert-OH is 2. The van der Waals surface area contributed by atoms with Crippen molar-refractivity contribution >= 4 is 0 Å². The zero-order valence-electron chi connectivity index (χ0n) is 13.1. The second-order valence-corrected chi connectivity index (χ2v) is 5.89. The molecule has 0 amide bonds. The van der Waals surface area contributed by atoms with Crippen LogP contribution < -0.4 is 17.0 Å². The van der Waals surface area contributed by atoms with Gasteiger partial charge in [-0.3, -0.25) is 14.3 Å². The molecule has 0 saturated carbocycles. The van der Waals surface area contributed by atoms with Crippen LogP contribution in [-0.2, 0) is 11.2 Å². The van der Waals surface area contributed by atoms with Crippen LogP contribution in [0.1, 0.15) is 43.9 Å². The molecule has 1 aromatic rings. The second-order valence-electron chi connectivity index (χ2n) is 5.89. The Kier molecular flexibility index (Phi) is 6.52. The molecule has 2 heterocycles. The monoisotopic (exact) mass is 327 g/mol. The molecule has 1 saturated heterocycles. The highest BCUT2D eigenvalue weighted by Gasteiger charge is 2.35. The predicted octanol–water partition coefficient (Wildman–Crippen LogP) is -0.761. The van der Waals surface area contributed by atoms with Crippen molar-refractivity contribution in [3.8, 4) is 0 Å². The van der Waals surface area contributed by atoms with Gasteiger partial charge in [0.25, 0.3) is 5.56 Å². The van der Waals surface area contributed by atoms with E-state index in [1.807, 2.05) is 0 Å². The fourth-order valence-corrected chi connectivity index (χ4v) is 2.78. The first-order valence-corrected chi connectivity index (χ1v) is 8.05. The fourth-order valence-electron chi connectivity index (χ4n) is 2.78. The Morgan fingerprint density at radius 2 is 2.04 bits per heavy atom. The highest BCUT2D eigenvalue weighted by atomic mass is 16.5. The maximum absolute atomic E-state index is 12.0. The van der Waals surface area contributed by atoms with Crippen LogP contribution in [0.25, 0.3) is 0 Å². The number of nitrogens with zero attached hydrogens (tertiary/aromatic N) is 1. The largest absolute Gasteiger partial charge is 0.394 e. The number of nitrogens with one attached hydrogen (secondary N) is 1. The van der Waals surface area contributed by atoms with Gasteiger partial charge < -0.3 is 20.7 Å². The minimum absolute atomic E-state index is 0.202. The standard InChI is InChI=1S/C15H25N3O5/c16-6-4-2-1-3-5-10-8-18(15(22)17-14(10)21)13-7-11(20)12(9-19)23-13/h8,11-13,19-20H,1-7,9,16H2,(H,17,21,22)/t11?,12-,13-/m0/s1. The van der Waals surface area contributed by atoms with Crippen molar-refractivity contribution in [2.24, 2.45) is 5.73 Å². The van der Waals surface area contributed by atoms with Gasteiger partial charge in [0.1, 0.15) is 12.3 Å². The summed E-state index contributed by atoms with van der Waals surface area (Å²) in [5, 5.41) is 18.9. The maximum atomic E-state index is 12.0. The summed E-state index contributed by atoms with van der Waals surface area (Å²) in [6.45, 7) is 0.350. The van der Waals surface area contributed by atoms with Gasteiger partial charge in [0, 0.05) is 18.2 Å². The SMILES string of the molecule is NCCCCCCc1cn([C@@H]2CC(O)[C@H](CO)O2)c(=O)[nH]c1=O. The van der Waals surface area contributed by atoms with Gasteiger partial charge in [-0.1, -0.05) is 12.8 Å². The smallest absolute Gasteiger partial charge is 0.330 e. The molecule has 1 aromatic heterocycles. The van der Waals surface area contributed by atoms with Crippen LogP contribution in [0.2, 0.25) is 0 Å². The van der Waals surface area contributed by atoms with E-state index in [-0.39, 0.29) is 18.6 Å². The summed E-state index contributed by atoms with van der Waals surface area (Å²) >= 11 is 0. The minimum atomic E-state index is -0.830. The van der Waals surface area contributed by atoms with E-state index in [1.54, 1.807) is 0 Å². The summed E-state index contributed by atoms with van der Waals surface area (Å²) in [6, 6.07) is 0. The van der Waals surface area contributed by atoms with Gasteiger partial charge in [0.15, 0.2) is 0 Å². The predicted molar refractivity (Wildman–Crippen MR) is 84.2 cm³/mol. The first-order valence-electron chi connectivity index (χ1n) is 8.05. The number of hydrogen-bond donors (Lipinski definition) is 4. The fraction of sp³-hybridized carbons (Fsp3) is 0.733. The van der Waals surface area contributed by atoms with Gasteiger partial charge in [0.05, 0.1) is 12.7 Å². The Morgan fingerprint density at radius 3 is 2.70 bits per heavy atom. The normalized spacial score (nSPS) is 24.2. The molecule has 1 aliphatic heterocycles. The number of H-pyrrole nitrogens is 1. The zero-order valence-corrected chi connectivity index (χ0v) is 13.1. The molecule has 5 N–H and O–H groups in total. The Morgan fingerprint density at radius 1 is 1.30 bits per heavy atom. The van der Waals surface area contributed by atoms with Gasteiger partial charge in [-0.15, -0.1) is 0 Å². The number of unbranched alkanes of at least 4 members (excludes halogenated alkanes) is 3. The Bertz CT molecular complexity index is 612. The maximum Gasteiger partial charge on any atom is 0.330 e. The molecule has 2 rings (SSSR count). The van der Waals surface area contributed by atoms with Crippen LogP contribution >= 0.6 is 0 Å². The third-order valence-electron chi connectivity index (χ3n) is 4.14. The molecule has 0 radical (unpaired) electrons. The average Bonchev–Trinajstić information content (AvgIpc) is 2.89. The molecule has 0 spiro atoms. The molecule has 8 nitrogen and oxygen atoms in total. The Balaban J connectivity index is 2.08. The van der Waals surface area contributed by atoms with Gasteiger partial charge in [-0.2, -0.15) is 0 Å². The van der Waals surface area contributed by atoms with Crippen LogP contribution in [0.15, 0.2) is 15.8 Å². The van der Waals surface area contributed by atoms with E-state index >= 15 is 0 Å². The summed E-state index contributed by atoms with van der Waals surface area (Å²) in [5.41, 5.74) is 5.00. The lowest BCUT2D eigenvalue weighted by molar-refractivity contribution is -0.0460. The summed E-state index contributed by atoms with van der Waals surface area (Å²) < 4.78 is 6.76. The number of rotatable bonds is 8. The lowest BCUT2D eigenvalue weighted by atomic mass is 10.1. The lowest BCUT2D eigenvalue weighted by Gasteiger charge is -2.15. The van der Waals surface area contributed by atoms with Crippen molar-refractivity contribution in [1.82, 2.24) is 9.55 Å².